The van der Waals surface area contributed by atoms with E-state index < -0.39 is 42.9 Å². The Kier molecular flexibility index (Phi) is 4.79. The molecule has 1 aromatic rings. The summed E-state index contributed by atoms with van der Waals surface area (Å²) in [7, 11) is 0. The Morgan fingerprint density at radius 3 is 2.45 bits per heavy atom. The van der Waals surface area contributed by atoms with Gasteiger partial charge in [0.15, 0.2) is 0 Å². The van der Waals surface area contributed by atoms with Gasteiger partial charge in [-0.15, -0.1) is 0 Å². The zero-order chi connectivity index (χ0) is 16.5. The number of carbonyl (C=O) groups excluding carboxylic acids is 2. The summed E-state index contributed by atoms with van der Waals surface area (Å²) in [5.41, 5.74) is 5.31. The normalized spacial score (nSPS) is 21.9. The van der Waals surface area contributed by atoms with Gasteiger partial charge in [0.2, 0.25) is 5.91 Å². The number of nitrogens with zero attached hydrogens (tertiary/aromatic N) is 1. The van der Waals surface area contributed by atoms with Crippen LogP contribution in [0.3, 0.4) is 0 Å². The fraction of sp³-hybridized carbons (Fsp3) is 0.429. The second-order valence-corrected chi connectivity index (χ2v) is 6.13. The summed E-state index contributed by atoms with van der Waals surface area (Å²) >= 11 is 3.18. The van der Waals surface area contributed by atoms with E-state index >= 15 is 0 Å². The van der Waals surface area contributed by atoms with Crippen LogP contribution in [0.4, 0.5) is 13.2 Å². The molecule has 1 heterocycles. The van der Waals surface area contributed by atoms with Crippen molar-refractivity contribution in [2.45, 2.75) is 31.0 Å². The van der Waals surface area contributed by atoms with Crippen LogP contribution in [0, 0.1) is 0 Å². The molecule has 0 radical (unpaired) electrons. The molecule has 0 aromatic heterocycles. The Hall–Kier alpha value is -1.57. The summed E-state index contributed by atoms with van der Waals surface area (Å²) < 4.78 is 42.4. The second-order valence-electron chi connectivity index (χ2n) is 5.22. The molecule has 2 rings (SSSR count). The van der Waals surface area contributed by atoms with Gasteiger partial charge in [-0.3, -0.25) is 9.59 Å². The van der Waals surface area contributed by atoms with Crippen LogP contribution < -0.4 is 5.73 Å². The molecule has 2 N–H and O–H groups in total. The van der Waals surface area contributed by atoms with Gasteiger partial charge in [-0.05, 0) is 17.7 Å². The predicted octanol–water partition coefficient (Wildman–Crippen LogP) is 2.05. The van der Waals surface area contributed by atoms with E-state index in [1.54, 1.807) is 12.1 Å². The van der Waals surface area contributed by atoms with E-state index in [1.807, 2.05) is 0 Å². The van der Waals surface area contributed by atoms with Crippen LogP contribution in [-0.2, 0) is 16.0 Å². The van der Waals surface area contributed by atoms with Crippen LogP contribution in [-0.4, -0.2) is 41.4 Å². The van der Waals surface area contributed by atoms with Crippen LogP contribution in [0.25, 0.3) is 0 Å². The third-order valence-corrected chi connectivity index (χ3v) is 4.02. The van der Waals surface area contributed by atoms with Crippen molar-refractivity contribution in [2.24, 2.45) is 5.73 Å². The van der Waals surface area contributed by atoms with Crippen molar-refractivity contribution in [2.75, 3.05) is 6.54 Å². The molecular weight excluding hydrogens is 365 g/mol. The fourth-order valence-electron chi connectivity index (χ4n) is 2.42. The number of carbonyl (C=O) groups is 2. The summed E-state index contributed by atoms with van der Waals surface area (Å²) in [5.74, 6) is -6.28. The van der Waals surface area contributed by atoms with E-state index in [9.17, 15) is 22.8 Å². The van der Waals surface area contributed by atoms with Gasteiger partial charge < -0.3 is 10.6 Å². The van der Waals surface area contributed by atoms with Gasteiger partial charge in [0.25, 0.3) is 5.91 Å². The zero-order valence-electron chi connectivity index (χ0n) is 11.4. The molecule has 0 unspecified atom stereocenters. The van der Waals surface area contributed by atoms with E-state index in [0.717, 1.165) is 4.47 Å². The number of amides is 2. The van der Waals surface area contributed by atoms with Crippen molar-refractivity contribution in [3.63, 3.8) is 0 Å². The molecule has 8 heteroatoms. The number of alkyl halides is 3. The minimum Gasteiger partial charge on any atom is -0.368 e. The molecule has 22 heavy (non-hydrogen) atoms. The van der Waals surface area contributed by atoms with Crippen molar-refractivity contribution in [1.29, 1.82) is 0 Å². The van der Waals surface area contributed by atoms with Gasteiger partial charge in [0.1, 0.15) is 12.2 Å². The molecule has 0 aliphatic carbocycles. The van der Waals surface area contributed by atoms with E-state index in [-0.39, 0.29) is 12.0 Å². The molecule has 1 saturated heterocycles. The molecule has 1 aromatic carbocycles. The predicted molar refractivity (Wildman–Crippen MR) is 77.0 cm³/mol. The number of rotatable bonds is 4. The zero-order valence-corrected chi connectivity index (χ0v) is 13.0. The van der Waals surface area contributed by atoms with Gasteiger partial charge in [-0.2, -0.15) is 8.78 Å². The first kappa shape index (κ1) is 16.8. The molecule has 2 atom stereocenters. The molecule has 2 amide bonds. The summed E-state index contributed by atoms with van der Waals surface area (Å²) in [5, 5.41) is 0. The fourth-order valence-corrected chi connectivity index (χ4v) is 2.69. The van der Waals surface area contributed by atoms with Crippen molar-refractivity contribution in [3.05, 3.63) is 34.3 Å². The minimum absolute atomic E-state index is 0.258. The Morgan fingerprint density at radius 1 is 1.32 bits per heavy atom. The SMILES string of the molecule is NC(=O)[C@@H]1C[C@@H](F)CN1C(=O)C(F)(F)Cc1ccc(Br)cc1. The lowest BCUT2D eigenvalue weighted by Crippen LogP contribution is -2.51. The van der Waals surface area contributed by atoms with Crippen LogP contribution in [0.5, 0.6) is 0 Å². The summed E-state index contributed by atoms with van der Waals surface area (Å²) in [4.78, 5) is 23.7. The molecule has 4 nitrogen and oxygen atoms in total. The Bertz CT molecular complexity index is 580. The Balaban J connectivity index is 2.15. The van der Waals surface area contributed by atoms with E-state index in [1.165, 1.54) is 12.1 Å². The quantitative estimate of drug-likeness (QED) is 0.871. The molecule has 1 aliphatic rings. The van der Waals surface area contributed by atoms with Crippen LogP contribution in [0.1, 0.15) is 12.0 Å². The van der Waals surface area contributed by atoms with Crippen LogP contribution >= 0.6 is 15.9 Å². The number of likely N-dealkylation sites (tertiary alicyclic amines) is 1. The van der Waals surface area contributed by atoms with Crippen molar-refractivity contribution < 1.29 is 22.8 Å². The smallest absolute Gasteiger partial charge is 0.328 e. The number of halogens is 4. The highest BCUT2D eigenvalue weighted by molar-refractivity contribution is 9.10. The summed E-state index contributed by atoms with van der Waals surface area (Å²) in [6.45, 7) is -0.539. The largest absolute Gasteiger partial charge is 0.368 e. The van der Waals surface area contributed by atoms with Crippen molar-refractivity contribution in [1.82, 2.24) is 4.90 Å². The van der Waals surface area contributed by atoms with Crippen LogP contribution in [0.15, 0.2) is 28.7 Å². The van der Waals surface area contributed by atoms with Gasteiger partial charge in [-0.1, -0.05) is 28.1 Å². The van der Waals surface area contributed by atoms with Gasteiger partial charge in [0, 0.05) is 17.3 Å². The Labute approximate surface area is 133 Å². The number of hydrogen-bond acceptors (Lipinski definition) is 2. The van der Waals surface area contributed by atoms with E-state index in [2.05, 4.69) is 15.9 Å². The van der Waals surface area contributed by atoms with Gasteiger partial charge in [0.05, 0.1) is 6.54 Å². The third-order valence-electron chi connectivity index (χ3n) is 3.49. The van der Waals surface area contributed by atoms with Gasteiger partial charge >= 0.3 is 5.92 Å². The average molecular weight is 379 g/mol. The van der Waals surface area contributed by atoms with E-state index in [0.29, 0.717) is 4.90 Å². The molecule has 0 bridgehead atoms. The van der Waals surface area contributed by atoms with Crippen LogP contribution in [0.2, 0.25) is 0 Å². The molecular formula is C14H14BrF3N2O2. The molecule has 1 fully saturated rings. The van der Waals surface area contributed by atoms with E-state index in [4.69, 9.17) is 5.73 Å². The third kappa shape index (κ3) is 3.60. The van der Waals surface area contributed by atoms with Crippen molar-refractivity contribution in [3.8, 4) is 0 Å². The maximum Gasteiger partial charge on any atom is 0.328 e. The first-order valence-corrected chi connectivity index (χ1v) is 7.37. The first-order chi connectivity index (χ1) is 10.2. The van der Waals surface area contributed by atoms with Gasteiger partial charge in [-0.25, -0.2) is 4.39 Å². The molecule has 0 spiro atoms. The lowest BCUT2D eigenvalue weighted by molar-refractivity contribution is -0.160. The Morgan fingerprint density at radius 2 is 1.91 bits per heavy atom. The lowest BCUT2D eigenvalue weighted by Gasteiger charge is -2.26. The monoisotopic (exact) mass is 378 g/mol. The highest BCUT2D eigenvalue weighted by atomic mass is 79.9. The summed E-state index contributed by atoms with van der Waals surface area (Å²) in [6.07, 6.45) is -2.68. The second kappa shape index (κ2) is 6.28. The average Bonchev–Trinajstić information content (AvgIpc) is 2.82. The maximum absolute atomic E-state index is 14.1. The molecule has 120 valence electrons. The highest BCUT2D eigenvalue weighted by Crippen LogP contribution is 2.29. The van der Waals surface area contributed by atoms with Crippen molar-refractivity contribution >= 4 is 27.7 Å². The number of hydrogen-bond donors (Lipinski definition) is 1. The summed E-state index contributed by atoms with van der Waals surface area (Å²) in [6, 6.07) is 4.75. The number of benzene rings is 1. The number of primary amides is 1. The topological polar surface area (TPSA) is 63.4 Å². The standard InChI is InChI=1S/C14H14BrF3N2O2/c15-9-3-1-8(2-4-9)6-14(17,18)13(22)20-7-10(16)5-11(20)12(19)21/h1-4,10-11H,5-7H2,(H2,19,21)/t10-,11+/m1/s1. The first-order valence-electron chi connectivity index (χ1n) is 6.57. The highest BCUT2D eigenvalue weighted by Gasteiger charge is 2.49. The lowest BCUT2D eigenvalue weighted by atomic mass is 10.1. The minimum atomic E-state index is -3.73. The maximum atomic E-state index is 14.1. The molecule has 1 aliphatic heterocycles. The molecule has 0 saturated carbocycles. The number of nitrogens with two attached hydrogens (primary N) is 1.